The lowest BCUT2D eigenvalue weighted by Crippen LogP contribution is -2.35. The van der Waals surface area contributed by atoms with Crippen LogP contribution in [-0.2, 0) is 0 Å². The van der Waals surface area contributed by atoms with Gasteiger partial charge < -0.3 is 10.2 Å². The van der Waals surface area contributed by atoms with Crippen LogP contribution in [0.2, 0.25) is 0 Å². The zero-order chi connectivity index (χ0) is 16.9. The van der Waals surface area contributed by atoms with Crippen LogP contribution in [0.25, 0.3) is 0 Å². The lowest BCUT2D eigenvalue weighted by Gasteiger charge is -2.25. The molecule has 2 aromatic rings. The highest BCUT2D eigenvalue weighted by Gasteiger charge is 2.20. The third-order valence-corrected chi connectivity index (χ3v) is 4.45. The van der Waals surface area contributed by atoms with Crippen molar-refractivity contribution in [3.63, 3.8) is 0 Å². The minimum Gasteiger partial charge on any atom is -0.337 e. The molecule has 1 aromatic heterocycles. The van der Waals surface area contributed by atoms with E-state index in [1.807, 2.05) is 0 Å². The first kappa shape index (κ1) is 16.4. The summed E-state index contributed by atoms with van der Waals surface area (Å²) < 4.78 is 12.8. The molecule has 1 fully saturated rings. The molecule has 24 heavy (non-hydrogen) atoms. The summed E-state index contributed by atoms with van der Waals surface area (Å²) in [5.74, 6) is -0.473. The molecular weight excluding hydrogens is 331 g/mol. The normalized spacial score (nSPS) is 14.3. The molecule has 3 amide bonds. The largest absolute Gasteiger partial charge is 0.337 e. The molecule has 0 bridgehead atoms. The molecule has 0 unspecified atom stereocenters. The fourth-order valence-corrected chi connectivity index (χ4v) is 3.16. The molecule has 1 aliphatic rings. The van der Waals surface area contributed by atoms with Crippen molar-refractivity contribution in [2.75, 3.05) is 23.7 Å². The van der Waals surface area contributed by atoms with Gasteiger partial charge in [0, 0.05) is 24.2 Å². The fraction of sp³-hybridized carbons (Fsp3) is 0.312. The number of hydrogen-bond donors (Lipinski definition) is 2. The van der Waals surface area contributed by atoms with Gasteiger partial charge in [-0.2, -0.15) is 0 Å². The van der Waals surface area contributed by atoms with Crippen molar-refractivity contribution < 1.29 is 14.0 Å². The van der Waals surface area contributed by atoms with Crippen LogP contribution < -0.4 is 10.6 Å². The number of aromatic nitrogens is 1. The van der Waals surface area contributed by atoms with Crippen LogP contribution in [0, 0.1) is 5.82 Å². The predicted molar refractivity (Wildman–Crippen MR) is 90.9 cm³/mol. The summed E-state index contributed by atoms with van der Waals surface area (Å²) in [7, 11) is 0. The maximum atomic E-state index is 12.8. The zero-order valence-electron chi connectivity index (χ0n) is 12.9. The third-order valence-electron chi connectivity index (χ3n) is 3.69. The maximum Gasteiger partial charge on any atom is 0.325 e. The Morgan fingerprint density at radius 2 is 1.79 bits per heavy atom. The van der Waals surface area contributed by atoms with Crippen molar-refractivity contribution in [3.05, 3.63) is 41.2 Å². The molecule has 2 N–H and O–H groups in total. The smallest absolute Gasteiger partial charge is 0.325 e. The maximum absolute atomic E-state index is 12.8. The molecule has 3 rings (SSSR count). The Morgan fingerprint density at radius 3 is 2.50 bits per heavy atom. The van der Waals surface area contributed by atoms with E-state index in [1.54, 1.807) is 10.3 Å². The molecule has 1 saturated heterocycles. The summed E-state index contributed by atoms with van der Waals surface area (Å²) in [6.07, 6.45) is 3.18. The van der Waals surface area contributed by atoms with Crippen LogP contribution in [0.4, 0.5) is 20.0 Å². The van der Waals surface area contributed by atoms with Gasteiger partial charge >= 0.3 is 6.03 Å². The number of carbonyl (C=O) groups excluding carboxylic acids is 2. The first-order valence-electron chi connectivity index (χ1n) is 7.70. The topological polar surface area (TPSA) is 74.3 Å². The van der Waals surface area contributed by atoms with Gasteiger partial charge in [0.25, 0.3) is 5.91 Å². The number of nitrogens with one attached hydrogen (secondary N) is 2. The fourth-order valence-electron chi connectivity index (χ4n) is 2.48. The van der Waals surface area contributed by atoms with E-state index in [-0.39, 0.29) is 11.7 Å². The van der Waals surface area contributed by atoms with Crippen molar-refractivity contribution >= 4 is 34.1 Å². The number of hydrogen-bond acceptors (Lipinski definition) is 4. The highest BCUT2D eigenvalue weighted by atomic mass is 32.1. The summed E-state index contributed by atoms with van der Waals surface area (Å²) in [5.41, 5.74) is 0.814. The quantitative estimate of drug-likeness (QED) is 0.891. The SMILES string of the molecule is O=C(Nc1ccc(F)cc1)Nc1nc(C(=O)N2CCCCC2)cs1. The summed E-state index contributed by atoms with van der Waals surface area (Å²) in [6, 6.07) is 4.94. The Bertz CT molecular complexity index is 726. The second-order valence-corrected chi connectivity index (χ2v) is 6.33. The molecule has 1 aliphatic heterocycles. The van der Waals surface area contributed by atoms with Crippen LogP contribution in [-0.4, -0.2) is 34.9 Å². The molecule has 1 aromatic carbocycles. The zero-order valence-corrected chi connectivity index (χ0v) is 13.7. The highest BCUT2D eigenvalue weighted by Crippen LogP contribution is 2.19. The number of piperidine rings is 1. The number of urea groups is 1. The van der Waals surface area contributed by atoms with Crippen molar-refractivity contribution in [2.24, 2.45) is 0 Å². The van der Waals surface area contributed by atoms with E-state index in [9.17, 15) is 14.0 Å². The number of halogens is 1. The van der Waals surface area contributed by atoms with Crippen molar-refractivity contribution in [2.45, 2.75) is 19.3 Å². The van der Waals surface area contributed by atoms with E-state index in [1.165, 1.54) is 35.6 Å². The van der Waals surface area contributed by atoms with Gasteiger partial charge in [-0.25, -0.2) is 14.2 Å². The van der Waals surface area contributed by atoms with Gasteiger partial charge in [-0.05, 0) is 43.5 Å². The number of carbonyl (C=O) groups is 2. The van der Waals surface area contributed by atoms with Crippen molar-refractivity contribution in [1.82, 2.24) is 9.88 Å². The Morgan fingerprint density at radius 1 is 1.08 bits per heavy atom. The molecule has 0 aliphatic carbocycles. The van der Waals surface area contributed by atoms with E-state index in [2.05, 4.69) is 15.6 Å². The first-order valence-corrected chi connectivity index (χ1v) is 8.58. The van der Waals surface area contributed by atoms with E-state index in [0.29, 0.717) is 16.5 Å². The van der Waals surface area contributed by atoms with Gasteiger partial charge in [-0.1, -0.05) is 0 Å². The lowest BCUT2D eigenvalue weighted by molar-refractivity contribution is 0.0719. The van der Waals surface area contributed by atoms with Gasteiger partial charge in [0.2, 0.25) is 0 Å². The molecule has 2 heterocycles. The predicted octanol–water partition coefficient (Wildman–Crippen LogP) is 3.55. The van der Waals surface area contributed by atoms with Crippen LogP contribution in [0.3, 0.4) is 0 Å². The monoisotopic (exact) mass is 348 g/mol. The molecule has 6 nitrogen and oxygen atoms in total. The van der Waals surface area contributed by atoms with Crippen LogP contribution in [0.15, 0.2) is 29.6 Å². The lowest BCUT2D eigenvalue weighted by atomic mass is 10.1. The minimum atomic E-state index is -0.493. The number of nitrogens with zero attached hydrogens (tertiary/aromatic N) is 2. The van der Waals surface area contributed by atoms with E-state index in [4.69, 9.17) is 0 Å². The molecular formula is C16H17FN4O2S. The van der Waals surface area contributed by atoms with Crippen molar-refractivity contribution in [1.29, 1.82) is 0 Å². The van der Waals surface area contributed by atoms with Gasteiger partial charge in [0.1, 0.15) is 11.5 Å². The van der Waals surface area contributed by atoms with Crippen LogP contribution in [0.5, 0.6) is 0 Å². The van der Waals surface area contributed by atoms with E-state index >= 15 is 0 Å². The second kappa shape index (κ2) is 7.39. The summed E-state index contributed by atoms with van der Waals surface area (Å²) in [5, 5.41) is 7.14. The number of rotatable bonds is 3. The first-order chi connectivity index (χ1) is 11.6. The highest BCUT2D eigenvalue weighted by molar-refractivity contribution is 7.14. The number of benzene rings is 1. The number of likely N-dealkylation sites (tertiary alicyclic amines) is 1. The Balaban J connectivity index is 1.57. The summed E-state index contributed by atoms with van der Waals surface area (Å²) >= 11 is 1.19. The number of thiazole rings is 1. The average Bonchev–Trinajstić information content (AvgIpc) is 3.05. The van der Waals surface area contributed by atoms with E-state index in [0.717, 1.165) is 32.4 Å². The van der Waals surface area contributed by atoms with Crippen LogP contribution >= 0.6 is 11.3 Å². The minimum absolute atomic E-state index is 0.0991. The molecule has 0 spiro atoms. The molecule has 8 heteroatoms. The molecule has 0 atom stereocenters. The Kier molecular flexibility index (Phi) is 5.05. The summed E-state index contributed by atoms with van der Waals surface area (Å²) in [6.45, 7) is 1.51. The Labute approximate surface area is 142 Å². The molecule has 0 radical (unpaired) electrons. The van der Waals surface area contributed by atoms with Gasteiger partial charge in [-0.3, -0.25) is 10.1 Å². The Hall–Kier alpha value is -2.48. The third kappa shape index (κ3) is 4.08. The van der Waals surface area contributed by atoms with Crippen molar-refractivity contribution in [3.8, 4) is 0 Å². The standard InChI is InChI=1S/C16H17FN4O2S/c17-11-4-6-12(7-5-11)18-15(23)20-16-19-13(10-24-16)14(22)21-8-2-1-3-9-21/h4-7,10H,1-3,8-9H2,(H2,18,19,20,23). The number of amides is 3. The summed E-state index contributed by atoms with van der Waals surface area (Å²) in [4.78, 5) is 30.2. The molecule has 0 saturated carbocycles. The second-order valence-electron chi connectivity index (χ2n) is 5.48. The van der Waals surface area contributed by atoms with Gasteiger partial charge in [0.05, 0.1) is 0 Å². The van der Waals surface area contributed by atoms with E-state index < -0.39 is 6.03 Å². The molecule has 126 valence electrons. The van der Waals surface area contributed by atoms with Gasteiger partial charge in [-0.15, -0.1) is 11.3 Å². The average molecular weight is 348 g/mol. The number of anilines is 2. The van der Waals surface area contributed by atoms with Crippen LogP contribution in [0.1, 0.15) is 29.8 Å². The van der Waals surface area contributed by atoms with Gasteiger partial charge in [0.15, 0.2) is 5.13 Å².